The fraction of sp³-hybridized carbons (Fsp3) is 0.556. The Morgan fingerprint density at radius 1 is 1.33 bits per heavy atom. The Kier molecular flexibility index (Phi) is 6.61. The molecule has 1 aliphatic rings. The lowest BCUT2D eigenvalue weighted by Gasteiger charge is -2.28. The smallest absolute Gasteiger partial charge is 0.410 e. The summed E-state index contributed by atoms with van der Waals surface area (Å²) in [5.74, 6) is 0.243. The summed E-state index contributed by atoms with van der Waals surface area (Å²) in [5, 5.41) is 0. The summed E-state index contributed by atoms with van der Waals surface area (Å²) < 4.78 is 5.44. The molecule has 1 saturated heterocycles. The zero-order chi connectivity index (χ0) is 17.5. The second-order valence-corrected chi connectivity index (χ2v) is 6.48. The van der Waals surface area contributed by atoms with E-state index < -0.39 is 0 Å². The molecule has 24 heavy (non-hydrogen) atoms. The van der Waals surface area contributed by atoms with Crippen LogP contribution in [0, 0.1) is 5.92 Å². The van der Waals surface area contributed by atoms with E-state index in [1.165, 1.54) is 0 Å². The highest BCUT2D eigenvalue weighted by atomic mass is 16.6. The van der Waals surface area contributed by atoms with Crippen molar-refractivity contribution >= 4 is 12.0 Å². The molecule has 2 N–H and O–H groups in total. The molecule has 0 aliphatic carbocycles. The Morgan fingerprint density at radius 3 is 2.67 bits per heavy atom. The van der Waals surface area contributed by atoms with Gasteiger partial charge >= 0.3 is 6.09 Å². The number of nitrogens with two attached hydrogens (primary N) is 1. The number of carbonyl (C=O) groups excluding carboxylic acids is 2. The Morgan fingerprint density at radius 2 is 2.04 bits per heavy atom. The van der Waals surface area contributed by atoms with Crippen LogP contribution in [0.3, 0.4) is 0 Å². The number of benzene rings is 1. The van der Waals surface area contributed by atoms with Crippen LogP contribution in [0.5, 0.6) is 0 Å². The maximum Gasteiger partial charge on any atom is 0.410 e. The summed E-state index contributed by atoms with van der Waals surface area (Å²) in [5.41, 5.74) is 6.38. The SMILES string of the molecule is CC(C)N(C[C@@H]1CCN(C(=O)CN)C1)C(=O)OCc1ccccc1. The lowest BCUT2D eigenvalue weighted by Crippen LogP contribution is -2.42. The van der Waals surface area contributed by atoms with Gasteiger partial charge in [0.25, 0.3) is 0 Å². The Bertz CT molecular complexity index is 548. The zero-order valence-electron chi connectivity index (χ0n) is 14.5. The third kappa shape index (κ3) is 4.96. The fourth-order valence-corrected chi connectivity index (χ4v) is 2.91. The third-order valence-electron chi connectivity index (χ3n) is 4.33. The molecule has 0 spiro atoms. The van der Waals surface area contributed by atoms with Crippen LogP contribution in [0.15, 0.2) is 30.3 Å². The van der Waals surface area contributed by atoms with Gasteiger partial charge in [-0.05, 0) is 31.7 Å². The molecule has 1 fully saturated rings. The van der Waals surface area contributed by atoms with Crippen LogP contribution in [-0.4, -0.2) is 54.0 Å². The van der Waals surface area contributed by atoms with Gasteiger partial charge in [0, 0.05) is 25.7 Å². The van der Waals surface area contributed by atoms with Crippen LogP contribution >= 0.6 is 0 Å². The van der Waals surface area contributed by atoms with Crippen molar-refractivity contribution in [3.8, 4) is 0 Å². The van der Waals surface area contributed by atoms with E-state index in [0.29, 0.717) is 19.6 Å². The van der Waals surface area contributed by atoms with E-state index in [0.717, 1.165) is 12.0 Å². The lowest BCUT2D eigenvalue weighted by molar-refractivity contribution is -0.128. The minimum absolute atomic E-state index is 0.0275. The number of amides is 2. The molecule has 6 nitrogen and oxygen atoms in total. The maximum absolute atomic E-state index is 12.4. The molecule has 1 aliphatic heterocycles. The largest absolute Gasteiger partial charge is 0.445 e. The van der Waals surface area contributed by atoms with Gasteiger partial charge in [-0.15, -0.1) is 0 Å². The number of rotatable bonds is 6. The first-order valence-electron chi connectivity index (χ1n) is 8.46. The molecule has 0 radical (unpaired) electrons. The Labute approximate surface area is 143 Å². The number of ether oxygens (including phenoxy) is 1. The van der Waals surface area contributed by atoms with E-state index in [9.17, 15) is 9.59 Å². The predicted octanol–water partition coefficient (Wildman–Crippen LogP) is 1.84. The Balaban J connectivity index is 1.87. The molecule has 0 bridgehead atoms. The quantitative estimate of drug-likeness (QED) is 0.862. The van der Waals surface area contributed by atoms with E-state index in [-0.39, 0.29) is 37.1 Å². The molecule has 1 atom stereocenters. The van der Waals surface area contributed by atoms with Gasteiger partial charge in [-0.2, -0.15) is 0 Å². The second kappa shape index (κ2) is 8.68. The summed E-state index contributed by atoms with van der Waals surface area (Å²) in [7, 11) is 0. The summed E-state index contributed by atoms with van der Waals surface area (Å²) >= 11 is 0. The van der Waals surface area contributed by atoms with Gasteiger partial charge in [-0.3, -0.25) is 4.79 Å². The number of likely N-dealkylation sites (tertiary alicyclic amines) is 1. The molecule has 1 aromatic rings. The summed E-state index contributed by atoms with van der Waals surface area (Å²) in [6.45, 7) is 6.23. The molecule has 1 aromatic carbocycles. The van der Waals surface area contributed by atoms with E-state index in [4.69, 9.17) is 10.5 Å². The first kappa shape index (κ1) is 18.3. The molecule has 2 rings (SSSR count). The second-order valence-electron chi connectivity index (χ2n) is 6.48. The number of hydrogen-bond acceptors (Lipinski definition) is 4. The van der Waals surface area contributed by atoms with Crippen molar-refractivity contribution in [2.45, 2.75) is 32.9 Å². The predicted molar refractivity (Wildman–Crippen MR) is 92.2 cm³/mol. The highest BCUT2D eigenvalue weighted by Gasteiger charge is 2.29. The zero-order valence-corrected chi connectivity index (χ0v) is 14.5. The standard InChI is InChI=1S/C18H27N3O3/c1-14(2)21(12-16-8-9-20(11-16)17(22)10-19)18(23)24-13-15-6-4-3-5-7-15/h3-7,14,16H,8-13,19H2,1-2H3/t16-/m1/s1. The monoisotopic (exact) mass is 333 g/mol. The molecule has 0 saturated carbocycles. The van der Waals surface area contributed by atoms with Crippen LogP contribution in [0.1, 0.15) is 25.8 Å². The maximum atomic E-state index is 12.4. The third-order valence-corrected chi connectivity index (χ3v) is 4.33. The molecule has 2 amide bonds. The van der Waals surface area contributed by atoms with Crippen molar-refractivity contribution in [3.63, 3.8) is 0 Å². The van der Waals surface area contributed by atoms with Gasteiger partial charge in [0.2, 0.25) is 5.91 Å². The molecular formula is C18H27N3O3. The van der Waals surface area contributed by atoms with E-state index in [2.05, 4.69) is 0 Å². The van der Waals surface area contributed by atoms with Crippen molar-refractivity contribution < 1.29 is 14.3 Å². The first-order valence-corrected chi connectivity index (χ1v) is 8.46. The van der Waals surface area contributed by atoms with Gasteiger partial charge < -0.3 is 20.3 Å². The van der Waals surface area contributed by atoms with Crippen LogP contribution in [0.25, 0.3) is 0 Å². The van der Waals surface area contributed by atoms with E-state index in [1.54, 1.807) is 9.80 Å². The van der Waals surface area contributed by atoms with Crippen LogP contribution in [0.2, 0.25) is 0 Å². The number of carbonyl (C=O) groups is 2. The molecule has 132 valence electrons. The summed E-state index contributed by atoms with van der Waals surface area (Å²) in [6.07, 6.45) is 0.582. The van der Waals surface area contributed by atoms with E-state index in [1.807, 2.05) is 44.2 Å². The number of nitrogens with zero attached hydrogens (tertiary/aromatic N) is 2. The van der Waals surface area contributed by atoms with Gasteiger partial charge in [0.05, 0.1) is 6.54 Å². The number of hydrogen-bond donors (Lipinski definition) is 1. The van der Waals surface area contributed by atoms with Gasteiger partial charge in [0.15, 0.2) is 0 Å². The average molecular weight is 333 g/mol. The van der Waals surface area contributed by atoms with Crippen molar-refractivity contribution in [1.82, 2.24) is 9.80 Å². The fourth-order valence-electron chi connectivity index (χ4n) is 2.91. The Hall–Kier alpha value is -2.08. The molecule has 0 unspecified atom stereocenters. The van der Waals surface area contributed by atoms with Crippen LogP contribution in [-0.2, 0) is 16.1 Å². The minimum Gasteiger partial charge on any atom is -0.445 e. The van der Waals surface area contributed by atoms with Gasteiger partial charge in [0.1, 0.15) is 6.61 Å². The highest BCUT2D eigenvalue weighted by molar-refractivity contribution is 5.78. The van der Waals surface area contributed by atoms with Gasteiger partial charge in [-0.1, -0.05) is 30.3 Å². The first-order chi connectivity index (χ1) is 11.5. The topological polar surface area (TPSA) is 75.9 Å². The lowest BCUT2D eigenvalue weighted by atomic mass is 10.1. The minimum atomic E-state index is -0.308. The van der Waals surface area contributed by atoms with Crippen LogP contribution < -0.4 is 5.73 Å². The highest BCUT2D eigenvalue weighted by Crippen LogP contribution is 2.19. The van der Waals surface area contributed by atoms with Crippen molar-refractivity contribution in [1.29, 1.82) is 0 Å². The molecule has 1 heterocycles. The van der Waals surface area contributed by atoms with Crippen LogP contribution in [0.4, 0.5) is 4.79 Å². The van der Waals surface area contributed by atoms with Crippen molar-refractivity contribution in [2.24, 2.45) is 11.7 Å². The van der Waals surface area contributed by atoms with Crippen molar-refractivity contribution in [2.75, 3.05) is 26.2 Å². The van der Waals surface area contributed by atoms with E-state index >= 15 is 0 Å². The summed E-state index contributed by atoms with van der Waals surface area (Å²) in [6, 6.07) is 9.68. The molecule has 6 heteroatoms. The average Bonchev–Trinajstić information content (AvgIpc) is 3.06. The summed E-state index contributed by atoms with van der Waals surface area (Å²) in [4.78, 5) is 27.6. The molecular weight excluding hydrogens is 306 g/mol. The van der Waals surface area contributed by atoms with Gasteiger partial charge in [-0.25, -0.2) is 4.79 Å². The molecule has 0 aromatic heterocycles. The normalized spacial score (nSPS) is 17.2. The van der Waals surface area contributed by atoms with Crippen molar-refractivity contribution in [3.05, 3.63) is 35.9 Å².